The summed E-state index contributed by atoms with van der Waals surface area (Å²) >= 11 is 17.5. The summed E-state index contributed by atoms with van der Waals surface area (Å²) in [6.07, 6.45) is 3.61. The third-order valence-electron chi connectivity index (χ3n) is 3.89. The van der Waals surface area contributed by atoms with Crippen LogP contribution < -0.4 is 10.6 Å². The average molecular weight is 405 g/mol. The highest BCUT2D eigenvalue weighted by atomic mass is 35.5. The summed E-state index contributed by atoms with van der Waals surface area (Å²) in [5.41, 5.74) is 2.93. The molecule has 26 heavy (non-hydrogen) atoms. The minimum Gasteiger partial charge on any atom is -0.356 e. The van der Waals surface area contributed by atoms with E-state index < -0.39 is 0 Å². The van der Waals surface area contributed by atoms with E-state index in [4.69, 9.17) is 35.4 Å². The van der Waals surface area contributed by atoms with Gasteiger partial charge in [0.2, 0.25) is 0 Å². The Balaban J connectivity index is 1.58. The van der Waals surface area contributed by atoms with E-state index in [0.29, 0.717) is 21.7 Å². The quantitative estimate of drug-likeness (QED) is 0.567. The summed E-state index contributed by atoms with van der Waals surface area (Å²) in [4.78, 5) is 0. The smallest absolute Gasteiger partial charge is 0.171 e. The molecule has 0 aliphatic rings. The predicted octanol–water partition coefficient (Wildman–Crippen LogP) is 5.29. The molecule has 0 fully saturated rings. The standard InChI is InChI=1S/C19H18Cl2N4S/c1-13(14-5-3-2-4-6-14)23-19(26)24-17-10-22-25(12-17)11-15-7-8-16(20)9-18(15)21/h2-10,12-13H,11H2,1H3,(H2,23,24,26). The van der Waals surface area contributed by atoms with Gasteiger partial charge in [-0.2, -0.15) is 5.10 Å². The Kier molecular flexibility index (Phi) is 6.14. The molecule has 7 heteroatoms. The van der Waals surface area contributed by atoms with Crippen molar-refractivity contribution >= 4 is 46.2 Å². The van der Waals surface area contributed by atoms with Gasteiger partial charge in [-0.05, 0) is 42.4 Å². The van der Waals surface area contributed by atoms with Gasteiger partial charge in [0.25, 0.3) is 0 Å². The first kappa shape index (κ1) is 18.7. The van der Waals surface area contributed by atoms with Crippen LogP contribution in [-0.4, -0.2) is 14.9 Å². The molecule has 1 aromatic heterocycles. The van der Waals surface area contributed by atoms with Crippen LogP contribution in [0.25, 0.3) is 0 Å². The summed E-state index contributed by atoms with van der Waals surface area (Å²) in [6, 6.07) is 15.7. The van der Waals surface area contributed by atoms with Gasteiger partial charge in [-0.25, -0.2) is 0 Å². The van der Waals surface area contributed by atoms with Crippen LogP contribution in [0.4, 0.5) is 5.69 Å². The Morgan fingerprint density at radius 1 is 1.19 bits per heavy atom. The first-order valence-electron chi connectivity index (χ1n) is 8.10. The molecular weight excluding hydrogens is 387 g/mol. The number of anilines is 1. The zero-order chi connectivity index (χ0) is 18.5. The fourth-order valence-electron chi connectivity index (χ4n) is 2.53. The number of hydrogen-bond acceptors (Lipinski definition) is 2. The van der Waals surface area contributed by atoms with E-state index in [-0.39, 0.29) is 6.04 Å². The Bertz CT molecular complexity index is 896. The molecule has 2 N–H and O–H groups in total. The molecule has 0 saturated carbocycles. The fourth-order valence-corrected chi connectivity index (χ4v) is 3.29. The first-order chi connectivity index (χ1) is 12.5. The highest BCUT2D eigenvalue weighted by molar-refractivity contribution is 7.80. The first-order valence-corrected chi connectivity index (χ1v) is 9.26. The van der Waals surface area contributed by atoms with Crippen LogP contribution in [0.1, 0.15) is 24.1 Å². The average Bonchev–Trinajstić information content (AvgIpc) is 3.05. The van der Waals surface area contributed by atoms with E-state index in [0.717, 1.165) is 11.3 Å². The number of thiocarbonyl (C=S) groups is 1. The molecule has 134 valence electrons. The maximum atomic E-state index is 6.21. The largest absolute Gasteiger partial charge is 0.356 e. The molecule has 4 nitrogen and oxygen atoms in total. The lowest BCUT2D eigenvalue weighted by Crippen LogP contribution is -2.30. The van der Waals surface area contributed by atoms with Gasteiger partial charge in [-0.3, -0.25) is 4.68 Å². The van der Waals surface area contributed by atoms with Crippen LogP contribution in [-0.2, 0) is 6.54 Å². The van der Waals surface area contributed by atoms with Gasteiger partial charge < -0.3 is 10.6 Å². The Labute approximate surface area is 168 Å². The van der Waals surface area contributed by atoms with Crippen molar-refractivity contribution in [2.24, 2.45) is 0 Å². The highest BCUT2D eigenvalue weighted by Gasteiger charge is 2.08. The van der Waals surface area contributed by atoms with Crippen molar-refractivity contribution in [2.45, 2.75) is 19.5 Å². The van der Waals surface area contributed by atoms with Gasteiger partial charge in [0, 0.05) is 16.2 Å². The van der Waals surface area contributed by atoms with E-state index in [2.05, 4.69) is 34.8 Å². The van der Waals surface area contributed by atoms with Gasteiger partial charge in [0.05, 0.1) is 24.5 Å². The summed E-state index contributed by atoms with van der Waals surface area (Å²) in [6.45, 7) is 2.62. The molecule has 0 bridgehead atoms. The number of nitrogens with zero attached hydrogens (tertiary/aromatic N) is 2. The van der Waals surface area contributed by atoms with Crippen molar-refractivity contribution in [3.8, 4) is 0 Å². The van der Waals surface area contributed by atoms with Crippen molar-refractivity contribution in [1.82, 2.24) is 15.1 Å². The Morgan fingerprint density at radius 3 is 2.69 bits per heavy atom. The summed E-state index contributed by atoms with van der Waals surface area (Å²) in [7, 11) is 0. The summed E-state index contributed by atoms with van der Waals surface area (Å²) in [5, 5.41) is 12.5. The van der Waals surface area contributed by atoms with Gasteiger partial charge >= 0.3 is 0 Å². The molecule has 0 aliphatic heterocycles. The van der Waals surface area contributed by atoms with E-state index >= 15 is 0 Å². The normalized spacial score (nSPS) is 11.8. The molecule has 1 atom stereocenters. The van der Waals surface area contributed by atoms with Crippen LogP contribution in [0.2, 0.25) is 10.0 Å². The lowest BCUT2D eigenvalue weighted by atomic mass is 10.1. The van der Waals surface area contributed by atoms with Crippen molar-refractivity contribution in [3.05, 3.63) is 82.1 Å². The topological polar surface area (TPSA) is 41.9 Å². The summed E-state index contributed by atoms with van der Waals surface area (Å²) < 4.78 is 1.79. The minimum atomic E-state index is 0.110. The molecule has 1 unspecified atom stereocenters. The number of rotatable bonds is 5. The molecule has 1 heterocycles. The van der Waals surface area contributed by atoms with E-state index in [1.807, 2.05) is 36.5 Å². The Morgan fingerprint density at radius 2 is 1.96 bits per heavy atom. The zero-order valence-corrected chi connectivity index (χ0v) is 16.4. The number of nitrogens with one attached hydrogen (secondary N) is 2. The van der Waals surface area contributed by atoms with E-state index in [9.17, 15) is 0 Å². The molecule has 3 aromatic rings. The van der Waals surface area contributed by atoms with Crippen molar-refractivity contribution < 1.29 is 0 Å². The molecule has 0 spiro atoms. The maximum absolute atomic E-state index is 6.21. The molecule has 0 aliphatic carbocycles. The number of aromatic nitrogens is 2. The van der Waals surface area contributed by atoms with Crippen molar-refractivity contribution in [1.29, 1.82) is 0 Å². The Hall–Kier alpha value is -2.08. The lowest BCUT2D eigenvalue weighted by molar-refractivity contribution is 0.687. The van der Waals surface area contributed by atoms with E-state index in [1.54, 1.807) is 16.9 Å². The molecule has 0 amide bonds. The number of hydrogen-bond donors (Lipinski definition) is 2. The molecule has 3 rings (SSSR count). The highest BCUT2D eigenvalue weighted by Crippen LogP contribution is 2.22. The van der Waals surface area contributed by atoms with E-state index in [1.165, 1.54) is 5.56 Å². The molecule has 2 aromatic carbocycles. The van der Waals surface area contributed by atoms with Crippen LogP contribution >= 0.6 is 35.4 Å². The van der Waals surface area contributed by atoms with Crippen molar-refractivity contribution in [3.63, 3.8) is 0 Å². The van der Waals surface area contributed by atoms with Gasteiger partial charge in [-0.15, -0.1) is 0 Å². The number of halogens is 2. The minimum absolute atomic E-state index is 0.110. The second-order valence-corrected chi connectivity index (χ2v) is 7.15. The molecular formula is C19H18Cl2N4S. The van der Waals surface area contributed by atoms with Crippen LogP contribution in [0, 0.1) is 0 Å². The third kappa shape index (κ3) is 4.97. The van der Waals surface area contributed by atoms with Gasteiger partial charge in [0.1, 0.15) is 0 Å². The van der Waals surface area contributed by atoms with Crippen LogP contribution in [0.15, 0.2) is 60.9 Å². The third-order valence-corrected chi connectivity index (χ3v) is 4.69. The lowest BCUT2D eigenvalue weighted by Gasteiger charge is -2.16. The fraction of sp³-hybridized carbons (Fsp3) is 0.158. The van der Waals surface area contributed by atoms with Crippen LogP contribution in [0.3, 0.4) is 0 Å². The van der Waals surface area contributed by atoms with Gasteiger partial charge in [0.15, 0.2) is 5.11 Å². The van der Waals surface area contributed by atoms with Crippen molar-refractivity contribution in [2.75, 3.05) is 5.32 Å². The summed E-state index contributed by atoms with van der Waals surface area (Å²) in [5.74, 6) is 0. The predicted molar refractivity (Wildman–Crippen MR) is 112 cm³/mol. The van der Waals surface area contributed by atoms with Crippen LogP contribution in [0.5, 0.6) is 0 Å². The second kappa shape index (κ2) is 8.54. The molecule has 0 radical (unpaired) electrons. The second-order valence-electron chi connectivity index (χ2n) is 5.89. The number of benzene rings is 2. The molecule has 0 saturated heterocycles. The SMILES string of the molecule is CC(NC(=S)Nc1cnn(Cc2ccc(Cl)cc2Cl)c1)c1ccccc1. The van der Waals surface area contributed by atoms with Gasteiger partial charge in [-0.1, -0.05) is 59.6 Å². The zero-order valence-electron chi connectivity index (χ0n) is 14.1. The maximum Gasteiger partial charge on any atom is 0.171 e. The monoisotopic (exact) mass is 404 g/mol.